The second-order valence-electron chi connectivity index (χ2n) is 4.65. The van der Waals surface area contributed by atoms with Gasteiger partial charge in [0, 0.05) is 0 Å². The SMILES string of the molecule is CCCOc1cccc2ccc(OC)c(OCCC)c12. The molecule has 0 aliphatic carbocycles. The Labute approximate surface area is 120 Å². The Morgan fingerprint density at radius 2 is 1.60 bits per heavy atom. The molecule has 0 aromatic heterocycles. The van der Waals surface area contributed by atoms with Crippen LogP contribution in [-0.2, 0) is 0 Å². The summed E-state index contributed by atoms with van der Waals surface area (Å²) in [5, 5.41) is 2.10. The van der Waals surface area contributed by atoms with E-state index in [2.05, 4.69) is 19.9 Å². The van der Waals surface area contributed by atoms with Crippen molar-refractivity contribution >= 4 is 10.8 Å². The molecule has 3 heteroatoms. The van der Waals surface area contributed by atoms with Gasteiger partial charge < -0.3 is 14.2 Å². The van der Waals surface area contributed by atoms with Crippen molar-refractivity contribution in [3.8, 4) is 17.2 Å². The Balaban J connectivity index is 2.55. The number of benzene rings is 2. The maximum atomic E-state index is 5.91. The van der Waals surface area contributed by atoms with Crippen LogP contribution in [0.3, 0.4) is 0 Å². The molecule has 2 aromatic carbocycles. The van der Waals surface area contributed by atoms with E-state index in [-0.39, 0.29) is 0 Å². The largest absolute Gasteiger partial charge is 0.493 e. The predicted octanol–water partition coefficient (Wildman–Crippen LogP) is 4.43. The number of hydrogen-bond acceptors (Lipinski definition) is 3. The molecule has 0 saturated heterocycles. The van der Waals surface area contributed by atoms with Gasteiger partial charge in [-0.2, -0.15) is 0 Å². The summed E-state index contributed by atoms with van der Waals surface area (Å²) in [5.74, 6) is 2.38. The van der Waals surface area contributed by atoms with Crippen LogP contribution in [0.25, 0.3) is 10.8 Å². The monoisotopic (exact) mass is 274 g/mol. The fourth-order valence-corrected chi connectivity index (χ4v) is 2.13. The lowest BCUT2D eigenvalue weighted by Gasteiger charge is -2.16. The summed E-state index contributed by atoms with van der Waals surface area (Å²) < 4.78 is 17.2. The summed E-state index contributed by atoms with van der Waals surface area (Å²) in [6.45, 7) is 5.55. The molecule has 0 unspecified atom stereocenters. The van der Waals surface area contributed by atoms with Crippen molar-refractivity contribution in [2.75, 3.05) is 20.3 Å². The Morgan fingerprint density at radius 3 is 2.30 bits per heavy atom. The van der Waals surface area contributed by atoms with Crippen LogP contribution in [0.5, 0.6) is 17.2 Å². The highest BCUT2D eigenvalue weighted by Crippen LogP contribution is 2.41. The van der Waals surface area contributed by atoms with E-state index in [1.165, 1.54) is 0 Å². The second kappa shape index (κ2) is 7.04. The first-order chi connectivity index (χ1) is 9.81. The van der Waals surface area contributed by atoms with Gasteiger partial charge in [0.05, 0.1) is 25.7 Å². The minimum absolute atomic E-state index is 0.664. The van der Waals surface area contributed by atoms with Crippen LogP contribution in [0.4, 0.5) is 0 Å². The molecule has 0 amide bonds. The van der Waals surface area contributed by atoms with Crippen LogP contribution in [0, 0.1) is 0 Å². The molecule has 0 heterocycles. The molecule has 20 heavy (non-hydrogen) atoms. The molecule has 3 nitrogen and oxygen atoms in total. The van der Waals surface area contributed by atoms with E-state index in [0.717, 1.165) is 40.9 Å². The Hall–Kier alpha value is -1.90. The summed E-state index contributed by atoms with van der Waals surface area (Å²) in [6.07, 6.45) is 1.93. The van der Waals surface area contributed by atoms with Crippen molar-refractivity contribution in [2.24, 2.45) is 0 Å². The van der Waals surface area contributed by atoms with Crippen LogP contribution in [-0.4, -0.2) is 20.3 Å². The number of fused-ring (bicyclic) bond motifs is 1. The number of ether oxygens (including phenoxy) is 3. The molecule has 0 aliphatic rings. The third-order valence-electron chi connectivity index (χ3n) is 3.06. The standard InChI is InChI=1S/C17H22O3/c1-4-11-19-14-8-6-7-13-9-10-15(18-3)17(16(13)14)20-12-5-2/h6-10H,4-5,11-12H2,1-3H3. The highest BCUT2D eigenvalue weighted by molar-refractivity contribution is 5.95. The van der Waals surface area contributed by atoms with Crippen LogP contribution >= 0.6 is 0 Å². The molecule has 0 bridgehead atoms. The van der Waals surface area contributed by atoms with Crippen molar-refractivity contribution in [2.45, 2.75) is 26.7 Å². The third kappa shape index (κ3) is 2.98. The summed E-state index contributed by atoms with van der Waals surface area (Å²) >= 11 is 0. The van der Waals surface area contributed by atoms with E-state index >= 15 is 0 Å². The smallest absolute Gasteiger partial charge is 0.172 e. The number of hydrogen-bond donors (Lipinski definition) is 0. The van der Waals surface area contributed by atoms with Gasteiger partial charge in [-0.3, -0.25) is 0 Å². The Bertz CT molecular complexity index is 563. The number of rotatable bonds is 7. The minimum Gasteiger partial charge on any atom is -0.493 e. The molecule has 2 rings (SSSR count). The molecular formula is C17H22O3. The second-order valence-corrected chi connectivity index (χ2v) is 4.65. The van der Waals surface area contributed by atoms with E-state index in [1.807, 2.05) is 24.3 Å². The topological polar surface area (TPSA) is 27.7 Å². The van der Waals surface area contributed by atoms with E-state index in [0.29, 0.717) is 13.2 Å². The molecule has 2 aromatic rings. The van der Waals surface area contributed by atoms with E-state index < -0.39 is 0 Å². The highest BCUT2D eigenvalue weighted by Gasteiger charge is 2.14. The first kappa shape index (κ1) is 14.5. The first-order valence-corrected chi connectivity index (χ1v) is 7.17. The first-order valence-electron chi connectivity index (χ1n) is 7.17. The maximum absolute atomic E-state index is 5.91. The van der Waals surface area contributed by atoms with Gasteiger partial charge in [-0.25, -0.2) is 0 Å². The summed E-state index contributed by atoms with van der Waals surface area (Å²) in [7, 11) is 1.66. The Morgan fingerprint density at radius 1 is 0.850 bits per heavy atom. The zero-order valence-corrected chi connectivity index (χ0v) is 12.4. The van der Waals surface area contributed by atoms with Crippen LogP contribution in [0.2, 0.25) is 0 Å². The lowest BCUT2D eigenvalue weighted by atomic mass is 10.1. The summed E-state index contributed by atoms with van der Waals surface area (Å²) in [4.78, 5) is 0. The van der Waals surface area contributed by atoms with Crippen molar-refractivity contribution in [3.63, 3.8) is 0 Å². The minimum atomic E-state index is 0.664. The number of methoxy groups -OCH3 is 1. The van der Waals surface area contributed by atoms with Crippen molar-refractivity contribution in [1.29, 1.82) is 0 Å². The lowest BCUT2D eigenvalue weighted by molar-refractivity contribution is 0.293. The fraction of sp³-hybridized carbons (Fsp3) is 0.412. The molecule has 0 saturated carbocycles. The fourth-order valence-electron chi connectivity index (χ4n) is 2.13. The lowest BCUT2D eigenvalue weighted by Crippen LogP contribution is -2.01. The van der Waals surface area contributed by atoms with Gasteiger partial charge in [0.15, 0.2) is 11.5 Å². The van der Waals surface area contributed by atoms with Gasteiger partial charge in [0.2, 0.25) is 0 Å². The maximum Gasteiger partial charge on any atom is 0.172 e. The highest BCUT2D eigenvalue weighted by atomic mass is 16.5. The molecule has 108 valence electrons. The zero-order valence-electron chi connectivity index (χ0n) is 12.4. The van der Waals surface area contributed by atoms with Gasteiger partial charge >= 0.3 is 0 Å². The average Bonchev–Trinajstić information content (AvgIpc) is 2.50. The average molecular weight is 274 g/mol. The zero-order chi connectivity index (χ0) is 14.4. The van der Waals surface area contributed by atoms with Crippen molar-refractivity contribution in [3.05, 3.63) is 30.3 Å². The normalized spacial score (nSPS) is 10.6. The molecule has 0 spiro atoms. The van der Waals surface area contributed by atoms with Gasteiger partial charge in [-0.15, -0.1) is 0 Å². The quantitative estimate of drug-likeness (QED) is 0.747. The van der Waals surface area contributed by atoms with Crippen molar-refractivity contribution < 1.29 is 14.2 Å². The van der Waals surface area contributed by atoms with Crippen LogP contribution in [0.15, 0.2) is 30.3 Å². The summed E-state index contributed by atoms with van der Waals surface area (Å²) in [6, 6.07) is 10.0. The molecule has 0 N–H and O–H groups in total. The van der Waals surface area contributed by atoms with Crippen LogP contribution in [0.1, 0.15) is 26.7 Å². The Kier molecular flexibility index (Phi) is 5.10. The van der Waals surface area contributed by atoms with Gasteiger partial charge in [-0.05, 0) is 30.4 Å². The van der Waals surface area contributed by atoms with Crippen LogP contribution < -0.4 is 14.2 Å². The third-order valence-corrected chi connectivity index (χ3v) is 3.06. The van der Waals surface area contributed by atoms with Gasteiger partial charge in [0.25, 0.3) is 0 Å². The molecular weight excluding hydrogens is 252 g/mol. The molecule has 0 radical (unpaired) electrons. The van der Waals surface area contributed by atoms with Crippen molar-refractivity contribution in [1.82, 2.24) is 0 Å². The van der Waals surface area contributed by atoms with Gasteiger partial charge in [-0.1, -0.05) is 32.0 Å². The summed E-state index contributed by atoms with van der Waals surface area (Å²) in [5.41, 5.74) is 0. The predicted molar refractivity (Wildman–Crippen MR) is 82.1 cm³/mol. The van der Waals surface area contributed by atoms with Gasteiger partial charge in [0.1, 0.15) is 5.75 Å². The van der Waals surface area contributed by atoms with E-state index in [4.69, 9.17) is 14.2 Å². The molecule has 0 fully saturated rings. The van der Waals surface area contributed by atoms with E-state index in [9.17, 15) is 0 Å². The molecule has 0 aliphatic heterocycles. The molecule has 0 atom stereocenters. The van der Waals surface area contributed by atoms with E-state index in [1.54, 1.807) is 7.11 Å².